The van der Waals surface area contributed by atoms with Gasteiger partial charge in [0.25, 0.3) is 0 Å². The van der Waals surface area contributed by atoms with Crippen LogP contribution in [0.4, 0.5) is 0 Å². The summed E-state index contributed by atoms with van der Waals surface area (Å²) >= 11 is 0. The van der Waals surface area contributed by atoms with E-state index in [2.05, 4.69) is 27.7 Å². The maximum atomic E-state index is 12.5. The Hall–Kier alpha value is -1.13. The molecule has 4 saturated carbocycles. The molecule has 9 rings (SSSR count). The molecule has 17 heteroatoms. The summed E-state index contributed by atoms with van der Waals surface area (Å²) in [5.74, 6) is 1.27. The van der Waals surface area contributed by atoms with Crippen molar-refractivity contribution in [2.45, 2.75) is 216 Å². The summed E-state index contributed by atoms with van der Waals surface area (Å²) in [4.78, 5) is 12.5. The molecule has 4 aliphatic carbocycles. The Labute approximate surface area is 370 Å². The topological polar surface area (TPSA) is 242 Å². The minimum absolute atomic E-state index is 0.0829. The molecule has 5 aliphatic heterocycles. The maximum Gasteiger partial charge on any atom is 0.303 e. The smallest absolute Gasteiger partial charge is 0.303 e. The van der Waals surface area contributed by atoms with Crippen LogP contribution in [-0.4, -0.2) is 165 Å². The summed E-state index contributed by atoms with van der Waals surface area (Å²) in [6, 6.07) is 0. The Bertz CT molecular complexity index is 1630. The van der Waals surface area contributed by atoms with Crippen molar-refractivity contribution in [1.82, 2.24) is 0 Å². The number of fused-ring (bicyclic) bond motifs is 7. The molecule has 7 N–H and O–H groups in total. The third-order valence-corrected chi connectivity index (χ3v) is 18.2. The Morgan fingerprint density at radius 3 is 1.94 bits per heavy atom. The number of hydrogen-bond donors (Lipinski definition) is 7. The fraction of sp³-hybridized carbons (Fsp3) is 0.978. The van der Waals surface area contributed by atoms with Gasteiger partial charge in [-0.25, -0.2) is 0 Å². The first kappa shape index (κ1) is 47.0. The molecule has 27 atom stereocenters. The lowest BCUT2D eigenvalue weighted by Crippen LogP contribution is -2.66. The van der Waals surface area contributed by atoms with Gasteiger partial charge >= 0.3 is 5.97 Å². The van der Waals surface area contributed by atoms with Gasteiger partial charge in [0.1, 0.15) is 48.8 Å². The molecular weight excluding hydrogens is 824 g/mol. The lowest BCUT2D eigenvalue weighted by molar-refractivity contribution is -0.388. The van der Waals surface area contributed by atoms with Gasteiger partial charge in [-0.2, -0.15) is 0 Å². The molecule has 0 amide bonds. The average molecular weight is 899 g/mol. The Balaban J connectivity index is 1.02. The van der Waals surface area contributed by atoms with Crippen molar-refractivity contribution >= 4 is 5.97 Å². The van der Waals surface area contributed by atoms with E-state index in [1.165, 1.54) is 20.8 Å². The molecule has 9 aliphatic rings. The van der Waals surface area contributed by atoms with Crippen LogP contribution in [0.3, 0.4) is 0 Å². The number of carbonyl (C=O) groups excluding carboxylic acids is 1. The summed E-state index contributed by atoms with van der Waals surface area (Å²) in [5, 5.41) is 76.3. The molecule has 27 unspecified atom stereocenters. The van der Waals surface area contributed by atoms with Crippen molar-refractivity contribution < 1.29 is 83.2 Å². The molecule has 5 heterocycles. The summed E-state index contributed by atoms with van der Waals surface area (Å²) < 4.78 is 57.5. The highest BCUT2D eigenvalue weighted by atomic mass is 16.8. The molecule has 63 heavy (non-hydrogen) atoms. The predicted octanol–water partition coefficient (Wildman–Crippen LogP) is 1.50. The van der Waals surface area contributed by atoms with Gasteiger partial charge in [0, 0.05) is 25.7 Å². The van der Waals surface area contributed by atoms with Crippen LogP contribution in [-0.2, 0) is 47.4 Å². The number of aliphatic hydroxyl groups excluding tert-OH is 7. The fourth-order valence-electron chi connectivity index (χ4n) is 14.7. The van der Waals surface area contributed by atoms with Crippen LogP contribution < -0.4 is 0 Å². The van der Waals surface area contributed by atoms with Crippen LogP contribution in [0, 0.1) is 52.3 Å². The van der Waals surface area contributed by atoms with Gasteiger partial charge in [-0.1, -0.05) is 27.7 Å². The van der Waals surface area contributed by atoms with Crippen LogP contribution in [0.15, 0.2) is 0 Å². The monoisotopic (exact) mass is 898 g/mol. The minimum atomic E-state index is -1.74. The number of rotatable bonds is 7. The molecule has 0 aromatic carbocycles. The molecule has 0 radical (unpaired) electrons. The third-order valence-electron chi connectivity index (χ3n) is 18.2. The van der Waals surface area contributed by atoms with E-state index in [4.69, 9.17) is 42.6 Å². The normalized spacial score (nSPS) is 58.1. The summed E-state index contributed by atoms with van der Waals surface area (Å²) in [6.45, 7) is 14.1. The standard InChI is InChI=1S/C46H74O17/c1-19-10-13-46(56-17-19)20(2)32-29(63-46)16-28-26-9-8-24-14-25(48)15-31(45(24,7)27(26)11-12-44(28,32)6)60-43-40(62-42-38(54)36(52)34(50)22(4)58-42)39(30(18-55-43)59-23(5)47)61-41-37(53)35(51)33(49)21(3)57-41/h19-22,24-43,48-54H,8-18H2,1-7H3. The molecule has 5 saturated heterocycles. The SMILES string of the molecule is CC(=O)OC1COC(OC2CC(O)CC3CCC4C5CC6OC7(CCC(C)CO7)C(C)C6C5(C)CCC4C32C)C(OC2OC(C)C(O)C(O)C2O)C1OC1OC(C)C(O)C(O)C1O. The molecule has 360 valence electrons. The average Bonchev–Trinajstić information content (AvgIpc) is 3.69. The van der Waals surface area contributed by atoms with Crippen LogP contribution in [0.5, 0.6) is 0 Å². The molecule has 0 aromatic heterocycles. The van der Waals surface area contributed by atoms with Crippen molar-refractivity contribution in [2.75, 3.05) is 13.2 Å². The number of aliphatic hydroxyl groups is 7. The van der Waals surface area contributed by atoms with E-state index >= 15 is 0 Å². The second kappa shape index (κ2) is 17.4. The van der Waals surface area contributed by atoms with E-state index in [-0.39, 0.29) is 35.9 Å². The number of esters is 1. The van der Waals surface area contributed by atoms with Gasteiger partial charge in [-0.05, 0) is 105 Å². The quantitative estimate of drug-likeness (QED) is 0.179. The van der Waals surface area contributed by atoms with E-state index in [9.17, 15) is 40.5 Å². The molecule has 1 spiro atoms. The zero-order valence-electron chi connectivity index (χ0n) is 37.8. The number of ether oxygens (including phenoxy) is 9. The Kier molecular flexibility index (Phi) is 13.0. The van der Waals surface area contributed by atoms with Gasteiger partial charge in [-0.15, -0.1) is 0 Å². The van der Waals surface area contributed by atoms with Gasteiger partial charge in [0.15, 0.2) is 30.8 Å². The highest BCUT2D eigenvalue weighted by Crippen LogP contribution is 2.71. The molecule has 0 bridgehead atoms. The first-order chi connectivity index (χ1) is 29.8. The summed E-state index contributed by atoms with van der Waals surface area (Å²) in [7, 11) is 0. The van der Waals surface area contributed by atoms with Crippen LogP contribution >= 0.6 is 0 Å². The third kappa shape index (κ3) is 7.86. The van der Waals surface area contributed by atoms with E-state index in [0.29, 0.717) is 36.5 Å². The lowest BCUT2D eigenvalue weighted by Gasteiger charge is -2.63. The van der Waals surface area contributed by atoms with Crippen molar-refractivity contribution in [1.29, 1.82) is 0 Å². The van der Waals surface area contributed by atoms with Crippen LogP contribution in [0.2, 0.25) is 0 Å². The second-order valence-corrected chi connectivity index (χ2v) is 21.7. The number of carbonyl (C=O) groups is 1. The summed E-state index contributed by atoms with van der Waals surface area (Å²) in [5.41, 5.74) is -0.331. The first-order valence-corrected chi connectivity index (χ1v) is 23.9. The molecule has 9 fully saturated rings. The number of hydrogen-bond acceptors (Lipinski definition) is 17. The zero-order valence-corrected chi connectivity index (χ0v) is 37.8. The summed E-state index contributed by atoms with van der Waals surface area (Å²) in [6.07, 6.45) is -13.0. The van der Waals surface area contributed by atoms with Gasteiger partial charge in [0.2, 0.25) is 0 Å². The van der Waals surface area contributed by atoms with E-state index < -0.39 is 115 Å². The maximum absolute atomic E-state index is 12.5. The lowest BCUT2D eigenvalue weighted by atomic mass is 9.43. The van der Waals surface area contributed by atoms with Crippen molar-refractivity contribution in [2.24, 2.45) is 52.3 Å². The van der Waals surface area contributed by atoms with E-state index in [1.807, 2.05) is 0 Å². The minimum Gasteiger partial charge on any atom is -0.457 e. The largest absolute Gasteiger partial charge is 0.457 e. The van der Waals surface area contributed by atoms with Crippen molar-refractivity contribution in [3.63, 3.8) is 0 Å². The predicted molar refractivity (Wildman–Crippen MR) is 218 cm³/mol. The Morgan fingerprint density at radius 1 is 0.667 bits per heavy atom. The Morgan fingerprint density at radius 2 is 1.32 bits per heavy atom. The van der Waals surface area contributed by atoms with Gasteiger partial charge < -0.3 is 78.4 Å². The van der Waals surface area contributed by atoms with E-state index in [1.54, 1.807) is 0 Å². The highest BCUT2D eigenvalue weighted by Gasteiger charge is 2.70. The second-order valence-electron chi connectivity index (χ2n) is 21.7. The van der Waals surface area contributed by atoms with Crippen molar-refractivity contribution in [3.8, 4) is 0 Å². The fourth-order valence-corrected chi connectivity index (χ4v) is 14.7. The van der Waals surface area contributed by atoms with Crippen molar-refractivity contribution in [3.05, 3.63) is 0 Å². The van der Waals surface area contributed by atoms with Gasteiger partial charge in [0.05, 0.1) is 43.7 Å². The van der Waals surface area contributed by atoms with E-state index in [0.717, 1.165) is 51.6 Å². The zero-order chi connectivity index (χ0) is 45.1. The van der Waals surface area contributed by atoms with Crippen LogP contribution in [0.25, 0.3) is 0 Å². The van der Waals surface area contributed by atoms with Gasteiger partial charge in [-0.3, -0.25) is 4.79 Å². The molecule has 17 nitrogen and oxygen atoms in total. The first-order valence-electron chi connectivity index (χ1n) is 23.9. The van der Waals surface area contributed by atoms with Crippen LogP contribution in [0.1, 0.15) is 106 Å². The molecular formula is C46H74O17. The molecule has 0 aromatic rings. The highest BCUT2D eigenvalue weighted by molar-refractivity contribution is 5.66.